The van der Waals surface area contributed by atoms with Gasteiger partial charge in [0, 0.05) is 17.4 Å². The number of hydrogen-bond donors (Lipinski definition) is 0. The summed E-state index contributed by atoms with van der Waals surface area (Å²) in [4.78, 5) is 4.20. The molecule has 4 heteroatoms. The highest BCUT2D eigenvalue weighted by molar-refractivity contribution is 6.30. The number of fused-ring (bicyclic) bond motifs is 1. The Balaban J connectivity index is 1.60. The summed E-state index contributed by atoms with van der Waals surface area (Å²) in [5, 5.41) is 0.742. The van der Waals surface area contributed by atoms with E-state index in [1.807, 2.05) is 43.0 Å². The van der Waals surface area contributed by atoms with Gasteiger partial charge in [0.15, 0.2) is 0 Å². The fourth-order valence-electron chi connectivity index (χ4n) is 3.48. The van der Waals surface area contributed by atoms with Crippen LogP contribution in [-0.2, 0) is 13.0 Å². The number of nitrogens with zero attached hydrogens (tertiary/aromatic N) is 2. The lowest BCUT2D eigenvalue weighted by molar-refractivity contribution is 0.299. The van der Waals surface area contributed by atoms with Crippen LogP contribution in [0.4, 0.5) is 0 Å². The number of benzene rings is 2. The van der Waals surface area contributed by atoms with E-state index in [0.29, 0.717) is 12.6 Å². The molecule has 4 rings (SSSR count). The Morgan fingerprint density at radius 1 is 1.21 bits per heavy atom. The molecule has 2 aromatic carbocycles. The normalized spacial score (nSPS) is 16.6. The fraction of sp³-hybridized carbons (Fsp3) is 0.250. The molecule has 3 aromatic rings. The van der Waals surface area contributed by atoms with Crippen molar-refractivity contribution in [3.63, 3.8) is 0 Å². The third-order valence-electron chi connectivity index (χ3n) is 4.60. The number of imidazole rings is 1. The zero-order valence-corrected chi connectivity index (χ0v) is 14.1. The van der Waals surface area contributed by atoms with Crippen molar-refractivity contribution < 1.29 is 4.74 Å². The summed E-state index contributed by atoms with van der Waals surface area (Å²) in [5.41, 5.74) is 3.76. The number of hydrogen-bond acceptors (Lipinski definition) is 2. The molecule has 1 unspecified atom stereocenters. The molecule has 0 saturated heterocycles. The third kappa shape index (κ3) is 3.04. The first-order chi connectivity index (χ1) is 11.8. The Morgan fingerprint density at radius 3 is 2.96 bits per heavy atom. The molecule has 1 aliphatic rings. The summed E-state index contributed by atoms with van der Waals surface area (Å²) in [7, 11) is 0. The highest BCUT2D eigenvalue weighted by atomic mass is 35.5. The summed E-state index contributed by atoms with van der Waals surface area (Å²) < 4.78 is 8.32. The van der Waals surface area contributed by atoms with Gasteiger partial charge in [-0.05, 0) is 54.2 Å². The standard InChI is InChI=1S/C20H19ClN2O/c21-16-5-1-4-15(12-16)13-24-20-9-3-6-17-18(20)7-2-8-19(17)23-11-10-22-14-23/h1,3-6,9-12,14,19H,2,7-8,13H2. The van der Waals surface area contributed by atoms with Crippen LogP contribution in [0.25, 0.3) is 0 Å². The smallest absolute Gasteiger partial charge is 0.123 e. The quantitative estimate of drug-likeness (QED) is 0.666. The van der Waals surface area contributed by atoms with Crippen LogP contribution >= 0.6 is 11.6 Å². The van der Waals surface area contributed by atoms with Crippen molar-refractivity contribution in [1.82, 2.24) is 9.55 Å². The highest BCUT2D eigenvalue weighted by Gasteiger charge is 2.23. The molecule has 1 heterocycles. The van der Waals surface area contributed by atoms with E-state index in [-0.39, 0.29) is 0 Å². The summed E-state index contributed by atoms with van der Waals surface area (Å²) in [6.07, 6.45) is 9.15. The largest absolute Gasteiger partial charge is 0.489 e. The van der Waals surface area contributed by atoms with Crippen LogP contribution in [0.5, 0.6) is 5.75 Å². The van der Waals surface area contributed by atoms with E-state index in [4.69, 9.17) is 16.3 Å². The second-order valence-corrected chi connectivity index (χ2v) is 6.60. The molecule has 0 bridgehead atoms. The Bertz CT molecular complexity index is 829. The monoisotopic (exact) mass is 338 g/mol. The summed E-state index contributed by atoms with van der Waals surface area (Å²) in [6, 6.07) is 14.5. The molecular weight excluding hydrogens is 320 g/mol. The van der Waals surface area contributed by atoms with Gasteiger partial charge in [-0.25, -0.2) is 4.98 Å². The maximum absolute atomic E-state index is 6.13. The fourth-order valence-corrected chi connectivity index (χ4v) is 3.69. The van der Waals surface area contributed by atoms with E-state index >= 15 is 0 Å². The molecular formula is C20H19ClN2O. The minimum absolute atomic E-state index is 0.353. The van der Waals surface area contributed by atoms with Crippen molar-refractivity contribution in [1.29, 1.82) is 0 Å². The number of ether oxygens (including phenoxy) is 1. The highest BCUT2D eigenvalue weighted by Crippen LogP contribution is 2.37. The van der Waals surface area contributed by atoms with Crippen molar-refractivity contribution in [2.75, 3.05) is 0 Å². The topological polar surface area (TPSA) is 27.1 Å². The molecule has 1 aliphatic carbocycles. The van der Waals surface area contributed by atoms with Crippen LogP contribution in [0.2, 0.25) is 5.02 Å². The molecule has 0 aliphatic heterocycles. The van der Waals surface area contributed by atoms with Crippen LogP contribution in [0, 0.1) is 0 Å². The molecule has 0 radical (unpaired) electrons. The van der Waals surface area contributed by atoms with Gasteiger partial charge < -0.3 is 9.30 Å². The summed E-state index contributed by atoms with van der Waals surface area (Å²) in [6.45, 7) is 0.534. The van der Waals surface area contributed by atoms with Crippen LogP contribution in [0.3, 0.4) is 0 Å². The Hall–Kier alpha value is -2.26. The van der Waals surface area contributed by atoms with Crippen molar-refractivity contribution in [2.45, 2.75) is 31.9 Å². The zero-order valence-electron chi connectivity index (χ0n) is 13.4. The first kappa shape index (κ1) is 15.3. The predicted octanol–water partition coefficient (Wildman–Crippen LogP) is 5.04. The molecule has 0 spiro atoms. The third-order valence-corrected chi connectivity index (χ3v) is 4.84. The minimum atomic E-state index is 0.353. The van der Waals surface area contributed by atoms with E-state index in [1.54, 1.807) is 0 Å². The molecule has 0 N–H and O–H groups in total. The van der Waals surface area contributed by atoms with Crippen molar-refractivity contribution in [3.8, 4) is 5.75 Å². The van der Waals surface area contributed by atoms with Crippen molar-refractivity contribution in [3.05, 3.63) is 82.9 Å². The molecule has 0 saturated carbocycles. The van der Waals surface area contributed by atoms with Gasteiger partial charge in [0.05, 0.1) is 12.4 Å². The minimum Gasteiger partial charge on any atom is -0.489 e. The van der Waals surface area contributed by atoms with Crippen LogP contribution in [0.15, 0.2) is 61.2 Å². The van der Waals surface area contributed by atoms with Crippen molar-refractivity contribution in [2.24, 2.45) is 0 Å². The molecule has 0 fully saturated rings. The van der Waals surface area contributed by atoms with Gasteiger partial charge in [-0.2, -0.15) is 0 Å². The maximum Gasteiger partial charge on any atom is 0.123 e. The lowest BCUT2D eigenvalue weighted by atomic mass is 9.87. The van der Waals surface area contributed by atoms with Gasteiger partial charge in [-0.15, -0.1) is 0 Å². The predicted molar refractivity (Wildman–Crippen MR) is 95.5 cm³/mol. The van der Waals surface area contributed by atoms with Crippen LogP contribution in [0.1, 0.15) is 35.6 Å². The molecule has 0 amide bonds. The van der Waals surface area contributed by atoms with Crippen LogP contribution < -0.4 is 4.74 Å². The SMILES string of the molecule is Clc1cccc(COc2cccc3c2CCCC3n2ccnc2)c1. The Labute approximate surface area is 146 Å². The zero-order chi connectivity index (χ0) is 16.4. The lowest BCUT2D eigenvalue weighted by Gasteiger charge is -2.28. The molecule has 1 atom stereocenters. The number of halogens is 1. The van der Waals surface area contributed by atoms with Gasteiger partial charge in [0.2, 0.25) is 0 Å². The molecule has 3 nitrogen and oxygen atoms in total. The van der Waals surface area contributed by atoms with Gasteiger partial charge in [-0.1, -0.05) is 35.9 Å². The molecule has 24 heavy (non-hydrogen) atoms. The first-order valence-corrected chi connectivity index (χ1v) is 8.65. The van der Waals surface area contributed by atoms with E-state index in [2.05, 4.69) is 27.8 Å². The first-order valence-electron chi connectivity index (χ1n) is 8.28. The van der Waals surface area contributed by atoms with E-state index in [9.17, 15) is 0 Å². The Morgan fingerprint density at radius 2 is 2.12 bits per heavy atom. The molecule has 122 valence electrons. The number of aromatic nitrogens is 2. The van der Waals surface area contributed by atoms with Crippen molar-refractivity contribution >= 4 is 11.6 Å². The summed E-state index contributed by atoms with van der Waals surface area (Å²) >= 11 is 6.05. The lowest BCUT2D eigenvalue weighted by Crippen LogP contribution is -2.17. The van der Waals surface area contributed by atoms with Gasteiger partial charge in [-0.3, -0.25) is 0 Å². The second-order valence-electron chi connectivity index (χ2n) is 6.16. The summed E-state index contributed by atoms with van der Waals surface area (Å²) in [5.74, 6) is 0.984. The van der Waals surface area contributed by atoms with E-state index in [1.165, 1.54) is 11.1 Å². The van der Waals surface area contributed by atoms with E-state index < -0.39 is 0 Å². The maximum atomic E-state index is 6.13. The van der Waals surface area contributed by atoms with Gasteiger partial charge in [0.25, 0.3) is 0 Å². The van der Waals surface area contributed by atoms with E-state index in [0.717, 1.165) is 35.6 Å². The molecule has 1 aromatic heterocycles. The van der Waals surface area contributed by atoms with Crippen LogP contribution in [-0.4, -0.2) is 9.55 Å². The van der Waals surface area contributed by atoms with Gasteiger partial charge in [0.1, 0.15) is 12.4 Å². The van der Waals surface area contributed by atoms with Gasteiger partial charge >= 0.3 is 0 Å². The number of rotatable bonds is 4. The second kappa shape index (κ2) is 6.70. The average Bonchev–Trinajstić information content (AvgIpc) is 3.14. The average molecular weight is 339 g/mol. The Kier molecular flexibility index (Phi) is 4.26.